The first kappa shape index (κ1) is 23.1. The van der Waals surface area contributed by atoms with Gasteiger partial charge in [-0.2, -0.15) is 0 Å². The van der Waals surface area contributed by atoms with Crippen molar-refractivity contribution >= 4 is 29.4 Å². The van der Waals surface area contributed by atoms with Crippen molar-refractivity contribution in [1.82, 2.24) is 20.1 Å². The second-order valence-electron chi connectivity index (χ2n) is 6.79. The van der Waals surface area contributed by atoms with E-state index in [0.717, 1.165) is 23.6 Å². The van der Waals surface area contributed by atoms with Gasteiger partial charge in [-0.1, -0.05) is 60.3 Å². The summed E-state index contributed by atoms with van der Waals surface area (Å²) in [6.07, 6.45) is 2.60. The van der Waals surface area contributed by atoms with Crippen molar-refractivity contribution in [3.8, 4) is 0 Å². The molecule has 31 heavy (non-hydrogen) atoms. The highest BCUT2D eigenvalue weighted by Crippen LogP contribution is 2.22. The van der Waals surface area contributed by atoms with E-state index in [1.54, 1.807) is 30.0 Å². The zero-order valence-corrected chi connectivity index (χ0v) is 18.8. The SMILES string of the molecule is C=CCn1c(CSCc2ccc(F)cc2)nnc1SCC(=O)NCCc1ccccc1. The van der Waals surface area contributed by atoms with E-state index in [9.17, 15) is 9.18 Å². The van der Waals surface area contributed by atoms with Gasteiger partial charge in [0.05, 0.1) is 11.5 Å². The number of benzene rings is 2. The summed E-state index contributed by atoms with van der Waals surface area (Å²) in [6, 6.07) is 16.6. The monoisotopic (exact) mass is 456 g/mol. The Bertz CT molecular complexity index is 977. The van der Waals surface area contributed by atoms with Crippen LogP contribution in [0.1, 0.15) is 17.0 Å². The number of thioether (sulfide) groups is 2. The molecule has 0 saturated heterocycles. The van der Waals surface area contributed by atoms with Crippen LogP contribution in [0.5, 0.6) is 0 Å². The number of amides is 1. The third-order valence-corrected chi connectivity index (χ3v) is 6.40. The van der Waals surface area contributed by atoms with E-state index in [1.165, 1.54) is 29.5 Å². The van der Waals surface area contributed by atoms with Gasteiger partial charge in [0.25, 0.3) is 0 Å². The lowest BCUT2D eigenvalue weighted by atomic mass is 10.1. The average Bonchev–Trinajstić information content (AvgIpc) is 3.16. The predicted molar refractivity (Wildman–Crippen MR) is 125 cm³/mol. The minimum atomic E-state index is -0.231. The molecule has 2 aromatic carbocycles. The number of hydrogen-bond acceptors (Lipinski definition) is 5. The van der Waals surface area contributed by atoms with Crippen molar-refractivity contribution < 1.29 is 9.18 Å². The molecule has 0 saturated carbocycles. The number of rotatable bonds is 12. The van der Waals surface area contributed by atoms with Crippen LogP contribution in [-0.4, -0.2) is 33.0 Å². The highest BCUT2D eigenvalue weighted by atomic mass is 32.2. The summed E-state index contributed by atoms with van der Waals surface area (Å²) in [5, 5.41) is 12.2. The summed E-state index contributed by atoms with van der Waals surface area (Å²) >= 11 is 3.06. The molecule has 0 bridgehead atoms. The summed E-state index contributed by atoms with van der Waals surface area (Å²) in [5.41, 5.74) is 2.26. The van der Waals surface area contributed by atoms with Gasteiger partial charge in [0.1, 0.15) is 11.6 Å². The molecular weight excluding hydrogens is 431 g/mol. The Hall–Kier alpha value is -2.58. The van der Waals surface area contributed by atoms with E-state index in [2.05, 4.69) is 22.1 Å². The maximum atomic E-state index is 13.0. The van der Waals surface area contributed by atoms with Gasteiger partial charge in [0, 0.05) is 18.8 Å². The lowest BCUT2D eigenvalue weighted by Gasteiger charge is -2.08. The Morgan fingerprint density at radius 3 is 2.58 bits per heavy atom. The standard InChI is InChI=1S/C23H25FN4OS2/c1-2-14-28-21(16-30-15-19-8-10-20(24)11-9-19)26-27-23(28)31-17-22(29)25-13-12-18-6-4-3-5-7-18/h2-11H,1,12-17H2,(H,25,29). The molecule has 0 aliphatic heterocycles. The maximum Gasteiger partial charge on any atom is 0.230 e. The molecule has 0 unspecified atom stereocenters. The molecule has 0 radical (unpaired) electrons. The normalized spacial score (nSPS) is 10.7. The quantitative estimate of drug-likeness (QED) is 0.321. The molecule has 0 spiro atoms. The number of carbonyl (C=O) groups is 1. The molecule has 1 N–H and O–H groups in total. The van der Waals surface area contributed by atoms with Gasteiger partial charge in [0.15, 0.2) is 5.16 Å². The maximum absolute atomic E-state index is 13.0. The zero-order valence-electron chi connectivity index (χ0n) is 17.2. The fourth-order valence-electron chi connectivity index (χ4n) is 2.86. The number of halogens is 1. The minimum Gasteiger partial charge on any atom is -0.355 e. The Morgan fingerprint density at radius 1 is 1.06 bits per heavy atom. The second-order valence-corrected chi connectivity index (χ2v) is 8.72. The van der Waals surface area contributed by atoms with Crippen LogP contribution in [0, 0.1) is 5.82 Å². The lowest BCUT2D eigenvalue weighted by Crippen LogP contribution is -2.27. The summed E-state index contributed by atoms with van der Waals surface area (Å²) in [7, 11) is 0. The molecule has 0 fully saturated rings. The molecule has 1 amide bonds. The van der Waals surface area contributed by atoms with Crippen LogP contribution < -0.4 is 5.32 Å². The summed E-state index contributed by atoms with van der Waals surface area (Å²) in [5.74, 6) is 2.29. The summed E-state index contributed by atoms with van der Waals surface area (Å²) in [4.78, 5) is 12.2. The molecule has 5 nitrogen and oxygen atoms in total. The average molecular weight is 457 g/mol. The molecule has 0 atom stereocenters. The first-order valence-electron chi connectivity index (χ1n) is 9.94. The topological polar surface area (TPSA) is 59.8 Å². The number of carbonyl (C=O) groups excluding carboxylic acids is 1. The van der Waals surface area contributed by atoms with Crippen LogP contribution in [0.25, 0.3) is 0 Å². The zero-order chi connectivity index (χ0) is 21.9. The molecular formula is C23H25FN4OS2. The Balaban J connectivity index is 1.46. The van der Waals surface area contributed by atoms with Crippen LogP contribution in [0.15, 0.2) is 72.4 Å². The number of hydrogen-bond donors (Lipinski definition) is 1. The van der Waals surface area contributed by atoms with Crippen molar-refractivity contribution in [2.75, 3.05) is 12.3 Å². The van der Waals surface area contributed by atoms with Crippen molar-refractivity contribution in [3.05, 3.63) is 90.0 Å². The number of nitrogens with one attached hydrogen (secondary N) is 1. The van der Waals surface area contributed by atoms with Crippen molar-refractivity contribution in [3.63, 3.8) is 0 Å². The third-order valence-electron chi connectivity index (χ3n) is 4.43. The molecule has 1 heterocycles. The predicted octanol–water partition coefficient (Wildman–Crippen LogP) is 4.49. The minimum absolute atomic E-state index is 0.0266. The highest BCUT2D eigenvalue weighted by Gasteiger charge is 2.13. The molecule has 8 heteroatoms. The molecule has 0 aliphatic rings. The van der Waals surface area contributed by atoms with E-state index in [-0.39, 0.29) is 17.5 Å². The first-order chi connectivity index (χ1) is 15.2. The van der Waals surface area contributed by atoms with Crippen LogP contribution >= 0.6 is 23.5 Å². The summed E-state index contributed by atoms with van der Waals surface area (Å²) in [6.45, 7) is 5.00. The van der Waals surface area contributed by atoms with Crippen LogP contribution in [0.3, 0.4) is 0 Å². The first-order valence-corrected chi connectivity index (χ1v) is 12.1. The number of nitrogens with zero attached hydrogens (tertiary/aromatic N) is 3. The van der Waals surface area contributed by atoms with Crippen molar-refractivity contribution in [2.45, 2.75) is 29.6 Å². The number of aromatic nitrogens is 3. The van der Waals surface area contributed by atoms with Crippen molar-refractivity contribution in [2.24, 2.45) is 0 Å². The van der Waals surface area contributed by atoms with Crippen LogP contribution in [0.2, 0.25) is 0 Å². The molecule has 3 aromatic rings. The Labute approximate surface area is 190 Å². The Kier molecular flexibility index (Phi) is 9.17. The largest absolute Gasteiger partial charge is 0.355 e. The smallest absolute Gasteiger partial charge is 0.230 e. The van der Waals surface area contributed by atoms with Crippen LogP contribution in [-0.2, 0) is 29.3 Å². The fraction of sp³-hybridized carbons (Fsp3) is 0.261. The van der Waals surface area contributed by atoms with Gasteiger partial charge >= 0.3 is 0 Å². The lowest BCUT2D eigenvalue weighted by molar-refractivity contribution is -0.118. The van der Waals surface area contributed by atoms with E-state index in [1.807, 2.05) is 34.9 Å². The third kappa shape index (κ3) is 7.56. The second kappa shape index (κ2) is 12.3. The van der Waals surface area contributed by atoms with Gasteiger partial charge in [-0.3, -0.25) is 4.79 Å². The van der Waals surface area contributed by atoms with E-state index in [4.69, 9.17) is 0 Å². The number of allylic oxidation sites excluding steroid dienone is 1. The van der Waals surface area contributed by atoms with Gasteiger partial charge < -0.3 is 9.88 Å². The van der Waals surface area contributed by atoms with Crippen LogP contribution in [0.4, 0.5) is 4.39 Å². The molecule has 0 aliphatic carbocycles. The van der Waals surface area contributed by atoms with Gasteiger partial charge in [0.2, 0.25) is 5.91 Å². The summed E-state index contributed by atoms with van der Waals surface area (Å²) < 4.78 is 15.0. The molecule has 3 rings (SSSR count). The van der Waals surface area contributed by atoms with Gasteiger partial charge in [-0.25, -0.2) is 4.39 Å². The van der Waals surface area contributed by atoms with Crippen molar-refractivity contribution in [1.29, 1.82) is 0 Å². The van der Waals surface area contributed by atoms with E-state index in [0.29, 0.717) is 24.0 Å². The highest BCUT2D eigenvalue weighted by molar-refractivity contribution is 7.99. The molecule has 162 valence electrons. The van der Waals surface area contributed by atoms with E-state index >= 15 is 0 Å². The molecule has 1 aromatic heterocycles. The fourth-order valence-corrected chi connectivity index (χ4v) is 4.58. The Morgan fingerprint density at radius 2 is 1.84 bits per heavy atom. The van der Waals surface area contributed by atoms with Gasteiger partial charge in [-0.05, 0) is 29.7 Å². The van der Waals surface area contributed by atoms with Gasteiger partial charge in [-0.15, -0.1) is 28.5 Å². The van der Waals surface area contributed by atoms with E-state index < -0.39 is 0 Å².